The summed E-state index contributed by atoms with van der Waals surface area (Å²) in [5.41, 5.74) is 7.14. The molecular formula is C15H25N3. The van der Waals surface area contributed by atoms with Crippen LogP contribution < -0.4 is 5.73 Å². The first kappa shape index (κ1) is 12.2. The Morgan fingerprint density at radius 3 is 2.67 bits per heavy atom. The third-order valence-electron chi connectivity index (χ3n) is 4.95. The highest BCUT2D eigenvalue weighted by Crippen LogP contribution is 2.34. The van der Waals surface area contributed by atoms with Gasteiger partial charge in [0, 0.05) is 6.20 Å². The first-order chi connectivity index (χ1) is 8.86. The maximum absolute atomic E-state index is 5.86. The van der Waals surface area contributed by atoms with Gasteiger partial charge in [-0.05, 0) is 56.6 Å². The van der Waals surface area contributed by atoms with Gasteiger partial charge in [-0.25, -0.2) is 0 Å². The largest absolute Gasteiger partial charge is 0.330 e. The van der Waals surface area contributed by atoms with Crippen LogP contribution in [0.5, 0.6) is 0 Å². The van der Waals surface area contributed by atoms with Gasteiger partial charge in [0.05, 0.1) is 11.7 Å². The van der Waals surface area contributed by atoms with Crippen molar-refractivity contribution in [2.24, 2.45) is 17.6 Å². The highest BCUT2D eigenvalue weighted by atomic mass is 15.3. The van der Waals surface area contributed by atoms with E-state index in [1.165, 1.54) is 50.6 Å². The van der Waals surface area contributed by atoms with Gasteiger partial charge in [0.1, 0.15) is 0 Å². The second-order valence-corrected chi connectivity index (χ2v) is 6.12. The second-order valence-electron chi connectivity index (χ2n) is 6.12. The average Bonchev–Trinajstić information content (AvgIpc) is 3.10. The van der Waals surface area contributed by atoms with E-state index in [-0.39, 0.29) is 0 Å². The van der Waals surface area contributed by atoms with Gasteiger partial charge in [-0.2, -0.15) is 5.10 Å². The summed E-state index contributed by atoms with van der Waals surface area (Å²) in [5, 5.41) is 4.80. The van der Waals surface area contributed by atoms with E-state index in [9.17, 15) is 0 Å². The Hall–Kier alpha value is -0.830. The van der Waals surface area contributed by atoms with Crippen LogP contribution in [-0.4, -0.2) is 16.3 Å². The predicted molar refractivity (Wildman–Crippen MR) is 73.3 cm³/mol. The van der Waals surface area contributed by atoms with Gasteiger partial charge in [-0.1, -0.05) is 19.3 Å². The Kier molecular flexibility index (Phi) is 3.69. The van der Waals surface area contributed by atoms with Crippen molar-refractivity contribution in [1.82, 2.24) is 9.78 Å². The molecule has 3 nitrogen and oxygen atoms in total. The van der Waals surface area contributed by atoms with Gasteiger partial charge in [0.25, 0.3) is 0 Å². The molecule has 0 bridgehead atoms. The lowest BCUT2D eigenvalue weighted by Crippen LogP contribution is -2.20. The molecule has 0 saturated heterocycles. The first-order valence-electron chi connectivity index (χ1n) is 7.61. The monoisotopic (exact) mass is 247 g/mol. The van der Waals surface area contributed by atoms with Gasteiger partial charge in [-0.15, -0.1) is 0 Å². The van der Waals surface area contributed by atoms with Crippen molar-refractivity contribution in [2.75, 3.05) is 6.54 Å². The van der Waals surface area contributed by atoms with Crippen molar-refractivity contribution in [3.05, 3.63) is 18.0 Å². The second kappa shape index (κ2) is 5.43. The molecule has 2 N–H and O–H groups in total. The lowest BCUT2D eigenvalue weighted by molar-refractivity contribution is 0.386. The fourth-order valence-electron chi connectivity index (χ4n) is 3.82. The molecule has 0 amide bonds. The van der Waals surface area contributed by atoms with Crippen molar-refractivity contribution >= 4 is 0 Å². The van der Waals surface area contributed by atoms with Gasteiger partial charge in [0.2, 0.25) is 0 Å². The van der Waals surface area contributed by atoms with E-state index in [1.807, 2.05) is 0 Å². The fourth-order valence-corrected chi connectivity index (χ4v) is 3.82. The molecule has 0 aliphatic heterocycles. The number of aromatic nitrogens is 2. The molecule has 0 radical (unpaired) electrons. The highest BCUT2D eigenvalue weighted by molar-refractivity contribution is 5.03. The molecule has 1 aromatic rings. The Morgan fingerprint density at radius 1 is 1.11 bits per heavy atom. The van der Waals surface area contributed by atoms with Crippen LogP contribution in [0.15, 0.2) is 12.3 Å². The molecule has 2 aliphatic carbocycles. The van der Waals surface area contributed by atoms with Crippen molar-refractivity contribution < 1.29 is 0 Å². The van der Waals surface area contributed by atoms with E-state index in [0.29, 0.717) is 6.04 Å². The van der Waals surface area contributed by atoms with Crippen molar-refractivity contribution in [3.8, 4) is 0 Å². The topological polar surface area (TPSA) is 43.8 Å². The van der Waals surface area contributed by atoms with Gasteiger partial charge in [0.15, 0.2) is 0 Å². The predicted octanol–water partition coefficient (Wildman–Crippen LogP) is 2.92. The molecule has 2 saturated carbocycles. The van der Waals surface area contributed by atoms with E-state index in [4.69, 9.17) is 10.8 Å². The minimum atomic E-state index is 0.674. The zero-order valence-electron chi connectivity index (χ0n) is 11.2. The molecule has 2 unspecified atom stereocenters. The maximum atomic E-state index is 5.86. The van der Waals surface area contributed by atoms with Crippen molar-refractivity contribution in [2.45, 2.75) is 57.4 Å². The summed E-state index contributed by atoms with van der Waals surface area (Å²) in [6, 6.07) is 2.90. The van der Waals surface area contributed by atoms with Gasteiger partial charge < -0.3 is 5.73 Å². The molecule has 1 aromatic heterocycles. The molecule has 100 valence electrons. The molecule has 18 heavy (non-hydrogen) atoms. The lowest BCUT2D eigenvalue weighted by Gasteiger charge is -2.16. The minimum absolute atomic E-state index is 0.674. The Balaban J connectivity index is 1.62. The smallest absolute Gasteiger partial charge is 0.0627 e. The summed E-state index contributed by atoms with van der Waals surface area (Å²) in [7, 11) is 0. The summed E-state index contributed by atoms with van der Waals surface area (Å²) in [6.07, 6.45) is 12.7. The van der Waals surface area contributed by atoms with E-state index < -0.39 is 0 Å². The van der Waals surface area contributed by atoms with Crippen LogP contribution in [-0.2, 0) is 6.42 Å². The Morgan fingerprint density at radius 2 is 1.89 bits per heavy atom. The van der Waals surface area contributed by atoms with E-state index in [2.05, 4.69) is 16.9 Å². The number of nitrogens with two attached hydrogens (primary N) is 1. The quantitative estimate of drug-likeness (QED) is 0.889. The average molecular weight is 247 g/mol. The van der Waals surface area contributed by atoms with Crippen LogP contribution in [0.3, 0.4) is 0 Å². The number of hydrogen-bond acceptors (Lipinski definition) is 2. The molecular weight excluding hydrogens is 222 g/mol. The maximum Gasteiger partial charge on any atom is 0.0627 e. The van der Waals surface area contributed by atoms with E-state index in [0.717, 1.165) is 24.8 Å². The minimum Gasteiger partial charge on any atom is -0.330 e. The zero-order valence-corrected chi connectivity index (χ0v) is 11.2. The number of rotatable bonds is 4. The SMILES string of the molecule is NCC1CCCC1Cc1ccn(C2CCCC2)n1. The first-order valence-corrected chi connectivity index (χ1v) is 7.61. The third-order valence-corrected chi connectivity index (χ3v) is 4.95. The van der Waals surface area contributed by atoms with Crippen LogP contribution in [0.25, 0.3) is 0 Å². The van der Waals surface area contributed by atoms with E-state index in [1.54, 1.807) is 0 Å². The van der Waals surface area contributed by atoms with Crippen LogP contribution in [0.1, 0.15) is 56.7 Å². The van der Waals surface area contributed by atoms with Gasteiger partial charge in [-0.3, -0.25) is 4.68 Å². The summed E-state index contributed by atoms with van der Waals surface area (Å²) >= 11 is 0. The van der Waals surface area contributed by atoms with Crippen molar-refractivity contribution in [1.29, 1.82) is 0 Å². The van der Waals surface area contributed by atoms with Gasteiger partial charge >= 0.3 is 0 Å². The third kappa shape index (κ3) is 2.46. The van der Waals surface area contributed by atoms with Crippen LogP contribution in [0.2, 0.25) is 0 Å². The molecule has 3 rings (SSSR count). The molecule has 0 spiro atoms. The fraction of sp³-hybridized carbons (Fsp3) is 0.800. The Labute approximate surface area is 110 Å². The molecule has 2 aliphatic rings. The highest BCUT2D eigenvalue weighted by Gasteiger charge is 2.27. The summed E-state index contributed by atoms with van der Waals surface area (Å²) in [4.78, 5) is 0. The normalized spacial score (nSPS) is 29.2. The van der Waals surface area contributed by atoms with Crippen LogP contribution >= 0.6 is 0 Å². The summed E-state index contributed by atoms with van der Waals surface area (Å²) in [5.74, 6) is 1.52. The molecule has 2 fully saturated rings. The van der Waals surface area contributed by atoms with Crippen LogP contribution in [0.4, 0.5) is 0 Å². The summed E-state index contributed by atoms with van der Waals surface area (Å²) in [6.45, 7) is 0.855. The molecule has 3 heteroatoms. The van der Waals surface area contributed by atoms with E-state index >= 15 is 0 Å². The van der Waals surface area contributed by atoms with Crippen LogP contribution in [0, 0.1) is 11.8 Å². The Bertz CT molecular complexity index is 379. The number of nitrogens with zero attached hydrogens (tertiary/aromatic N) is 2. The molecule has 2 atom stereocenters. The molecule has 1 heterocycles. The lowest BCUT2D eigenvalue weighted by atomic mass is 9.92. The molecule has 0 aromatic carbocycles. The number of hydrogen-bond donors (Lipinski definition) is 1. The van der Waals surface area contributed by atoms with Crippen molar-refractivity contribution in [3.63, 3.8) is 0 Å². The summed E-state index contributed by atoms with van der Waals surface area (Å²) < 4.78 is 2.22. The standard InChI is InChI=1S/C15H25N3/c16-11-13-5-3-4-12(13)10-14-8-9-18(17-14)15-6-1-2-7-15/h8-9,12-13,15H,1-7,10-11,16H2. The zero-order chi connectivity index (χ0) is 12.4.